The van der Waals surface area contributed by atoms with E-state index in [1.54, 1.807) is 0 Å². The van der Waals surface area contributed by atoms with Gasteiger partial charge in [0.2, 0.25) is 0 Å². The van der Waals surface area contributed by atoms with E-state index in [4.69, 9.17) is 0 Å². The van der Waals surface area contributed by atoms with Gasteiger partial charge in [0, 0.05) is 22.7 Å². The monoisotopic (exact) mass is 488 g/mol. The van der Waals surface area contributed by atoms with Crippen LogP contribution in [0.5, 0.6) is 0 Å². The predicted molar refractivity (Wildman–Crippen MR) is 135 cm³/mol. The summed E-state index contributed by atoms with van der Waals surface area (Å²) in [7, 11) is 0. The number of hydrogen-bond donors (Lipinski definition) is 4. The lowest BCUT2D eigenvalue weighted by molar-refractivity contribution is -0.215. The van der Waals surface area contributed by atoms with Crippen molar-refractivity contribution >= 4 is 5.78 Å². The Morgan fingerprint density at radius 3 is 2.20 bits per heavy atom. The van der Waals surface area contributed by atoms with E-state index in [9.17, 15) is 25.2 Å². The molecule has 198 valence electrons. The van der Waals surface area contributed by atoms with Gasteiger partial charge in [-0.05, 0) is 85.4 Å². The third kappa shape index (κ3) is 3.05. The second kappa shape index (κ2) is 7.88. The van der Waals surface area contributed by atoms with Crippen LogP contribution >= 0.6 is 0 Å². The van der Waals surface area contributed by atoms with Gasteiger partial charge in [0.05, 0.1) is 25.9 Å². The summed E-state index contributed by atoms with van der Waals surface area (Å²) < 4.78 is 0. The van der Waals surface area contributed by atoms with Crippen LogP contribution in [-0.2, 0) is 4.79 Å². The molecule has 0 spiro atoms. The van der Waals surface area contributed by atoms with Crippen LogP contribution in [0.2, 0.25) is 0 Å². The minimum absolute atomic E-state index is 0.0309. The number of carbonyl (C=O) groups is 1. The molecule has 5 aliphatic carbocycles. The third-order valence-electron chi connectivity index (χ3n) is 13.4. The minimum Gasteiger partial charge on any atom is -0.396 e. The van der Waals surface area contributed by atoms with Gasteiger partial charge in [0.1, 0.15) is 5.78 Å². The highest BCUT2D eigenvalue weighted by atomic mass is 16.3. The van der Waals surface area contributed by atoms with Crippen molar-refractivity contribution in [2.45, 2.75) is 98.5 Å². The Kier molecular flexibility index (Phi) is 5.83. The molecule has 0 aliphatic heterocycles. The Morgan fingerprint density at radius 2 is 1.57 bits per heavy atom. The molecule has 0 aromatic carbocycles. The van der Waals surface area contributed by atoms with E-state index >= 15 is 0 Å². The SMILES string of the molecule is C[C@]12CC[C@H](O)[C@](C)(CO)[C@@H]1CC[C@]1(C)[C@@H]2CC=C2[C@@H]3CC(CO)(CO)CC(=O)[C@]3(C)CC[C@]21C. The average Bonchev–Trinajstić information content (AvgIpc) is 2.83. The predicted octanol–water partition coefficient (Wildman–Crippen LogP) is 4.27. The van der Waals surface area contributed by atoms with Gasteiger partial charge < -0.3 is 20.4 Å². The lowest BCUT2D eigenvalue weighted by Crippen LogP contribution is -2.66. The maximum Gasteiger partial charge on any atom is 0.140 e. The van der Waals surface area contributed by atoms with Gasteiger partial charge in [-0.15, -0.1) is 0 Å². The Bertz CT molecular complexity index is 924. The largest absolute Gasteiger partial charge is 0.396 e. The second-order valence-electron chi connectivity index (χ2n) is 14.6. The molecule has 5 rings (SSSR count). The first-order valence-corrected chi connectivity index (χ1v) is 14.0. The van der Waals surface area contributed by atoms with Crippen LogP contribution in [-0.4, -0.2) is 52.1 Å². The molecule has 0 radical (unpaired) electrons. The molecule has 0 unspecified atom stereocenters. The van der Waals surface area contributed by atoms with Crippen LogP contribution in [0.25, 0.3) is 0 Å². The van der Waals surface area contributed by atoms with Crippen LogP contribution < -0.4 is 0 Å². The fourth-order valence-electron chi connectivity index (χ4n) is 10.6. The minimum atomic E-state index is -0.718. The molecule has 0 bridgehead atoms. The molecule has 4 N–H and O–H groups in total. The lowest BCUT2D eigenvalue weighted by atomic mass is 9.33. The van der Waals surface area contributed by atoms with Crippen molar-refractivity contribution in [2.24, 2.45) is 50.2 Å². The summed E-state index contributed by atoms with van der Waals surface area (Å²) in [5.74, 6) is 1.04. The summed E-state index contributed by atoms with van der Waals surface area (Å²) in [6.07, 6.45) is 9.62. The molecule has 5 nitrogen and oxygen atoms in total. The molecule has 35 heavy (non-hydrogen) atoms. The molecule has 0 amide bonds. The number of ketones is 1. The van der Waals surface area contributed by atoms with Crippen molar-refractivity contribution < 1.29 is 25.2 Å². The van der Waals surface area contributed by atoms with Crippen molar-refractivity contribution in [2.75, 3.05) is 19.8 Å². The number of carbonyl (C=O) groups excluding carboxylic acids is 1. The standard InChI is InChI=1S/C30H48O5/c1-25-12-13-28(4)19(20(25)14-30(17-32,18-33)15-24(25)35)6-7-22-26(2)10-9-23(34)27(3,16-31)21(26)8-11-29(22,28)5/h6,20-23,31-34H,7-18H2,1-5H3/t20-,21+,22+,23-,25+,26-,27+,28+,29+/m0/s1. The van der Waals surface area contributed by atoms with Gasteiger partial charge in [-0.25, -0.2) is 0 Å². The van der Waals surface area contributed by atoms with Crippen molar-refractivity contribution in [3.8, 4) is 0 Å². The van der Waals surface area contributed by atoms with E-state index < -0.39 is 22.3 Å². The van der Waals surface area contributed by atoms with E-state index in [1.165, 1.54) is 5.57 Å². The summed E-state index contributed by atoms with van der Waals surface area (Å²) in [4.78, 5) is 13.5. The van der Waals surface area contributed by atoms with Crippen LogP contribution in [0.4, 0.5) is 0 Å². The van der Waals surface area contributed by atoms with Crippen molar-refractivity contribution in [3.63, 3.8) is 0 Å². The molecule has 4 fully saturated rings. The van der Waals surface area contributed by atoms with E-state index in [0.717, 1.165) is 44.9 Å². The van der Waals surface area contributed by atoms with Crippen molar-refractivity contribution in [1.82, 2.24) is 0 Å². The van der Waals surface area contributed by atoms with Gasteiger partial charge in [-0.2, -0.15) is 0 Å². The van der Waals surface area contributed by atoms with Gasteiger partial charge in [0.25, 0.3) is 0 Å². The highest BCUT2D eigenvalue weighted by Gasteiger charge is 2.69. The first kappa shape index (κ1) is 25.9. The molecule has 5 aliphatic rings. The molecule has 5 heteroatoms. The van der Waals surface area contributed by atoms with E-state index in [-0.39, 0.29) is 54.2 Å². The number of fused-ring (bicyclic) bond motifs is 7. The topological polar surface area (TPSA) is 98.0 Å². The van der Waals surface area contributed by atoms with Crippen LogP contribution in [0.1, 0.15) is 92.4 Å². The van der Waals surface area contributed by atoms with E-state index in [0.29, 0.717) is 18.3 Å². The number of aliphatic hydroxyl groups is 4. The Hall–Kier alpha value is -0.750. The molecule has 0 aromatic rings. The maximum atomic E-state index is 13.5. The zero-order valence-corrected chi connectivity index (χ0v) is 22.6. The summed E-state index contributed by atoms with van der Waals surface area (Å²) >= 11 is 0. The van der Waals surface area contributed by atoms with Crippen LogP contribution in [0, 0.1) is 50.2 Å². The van der Waals surface area contributed by atoms with E-state index in [2.05, 4.69) is 40.7 Å². The average molecular weight is 489 g/mol. The Labute approximate surface area is 211 Å². The third-order valence-corrected chi connectivity index (χ3v) is 13.4. The van der Waals surface area contributed by atoms with E-state index in [1.807, 2.05) is 0 Å². The van der Waals surface area contributed by atoms with Gasteiger partial charge in [-0.3, -0.25) is 4.79 Å². The van der Waals surface area contributed by atoms with Gasteiger partial charge in [-0.1, -0.05) is 46.3 Å². The summed E-state index contributed by atoms with van der Waals surface area (Å²) in [5, 5.41) is 41.8. The summed E-state index contributed by atoms with van der Waals surface area (Å²) in [6, 6.07) is 0. The summed E-state index contributed by atoms with van der Waals surface area (Å²) in [5.41, 5.74) is -0.0808. The van der Waals surface area contributed by atoms with Gasteiger partial charge >= 0.3 is 0 Å². The fraction of sp³-hybridized carbons (Fsp3) is 0.900. The van der Waals surface area contributed by atoms with Crippen molar-refractivity contribution in [3.05, 3.63) is 11.6 Å². The first-order valence-electron chi connectivity index (χ1n) is 14.0. The fourth-order valence-corrected chi connectivity index (χ4v) is 10.6. The normalized spacial score (nSPS) is 53.1. The zero-order chi connectivity index (χ0) is 25.7. The van der Waals surface area contributed by atoms with Crippen LogP contribution in [0.3, 0.4) is 0 Å². The number of allylic oxidation sites excluding steroid dienone is 2. The smallest absolute Gasteiger partial charge is 0.140 e. The Morgan fingerprint density at radius 1 is 0.886 bits per heavy atom. The molecule has 0 heterocycles. The zero-order valence-electron chi connectivity index (χ0n) is 22.6. The summed E-state index contributed by atoms with van der Waals surface area (Å²) in [6.45, 7) is 11.3. The molecule has 4 saturated carbocycles. The lowest BCUT2D eigenvalue weighted by Gasteiger charge is -2.71. The Balaban J connectivity index is 1.58. The molecule has 0 aromatic heterocycles. The highest BCUT2D eigenvalue weighted by molar-refractivity contribution is 5.87. The first-order chi connectivity index (χ1) is 16.3. The van der Waals surface area contributed by atoms with Crippen LogP contribution in [0.15, 0.2) is 11.6 Å². The van der Waals surface area contributed by atoms with Crippen molar-refractivity contribution in [1.29, 1.82) is 0 Å². The molecular weight excluding hydrogens is 440 g/mol. The maximum absolute atomic E-state index is 13.5. The molecular formula is C30H48O5. The number of aliphatic hydroxyl groups excluding tert-OH is 4. The number of rotatable bonds is 3. The molecule has 0 saturated heterocycles. The highest BCUT2D eigenvalue weighted by Crippen LogP contribution is 2.75. The second-order valence-corrected chi connectivity index (χ2v) is 14.6. The van der Waals surface area contributed by atoms with Gasteiger partial charge in [0.15, 0.2) is 0 Å². The number of Topliss-reactive ketones (excluding diaryl/α,β-unsaturated/α-hetero) is 1. The molecule has 9 atom stereocenters. The number of hydrogen-bond acceptors (Lipinski definition) is 5. The quantitative estimate of drug-likeness (QED) is 0.445.